The molecule has 0 aliphatic rings. The van der Waals surface area contributed by atoms with Crippen molar-refractivity contribution >= 4 is 5.78 Å². The minimum absolute atomic E-state index is 0.183. The molecule has 0 heterocycles. The highest BCUT2D eigenvalue weighted by molar-refractivity contribution is 5.98. The van der Waals surface area contributed by atoms with E-state index in [1.165, 1.54) is 7.05 Å². The van der Waals surface area contributed by atoms with Gasteiger partial charge >= 0.3 is 0 Å². The molecule has 0 fully saturated rings. The normalized spacial score (nSPS) is 10.2. The fourth-order valence-corrected chi connectivity index (χ4v) is 1.05. The summed E-state index contributed by atoms with van der Waals surface area (Å²) in [5.41, 5.74) is -0.709. The van der Waals surface area contributed by atoms with Crippen molar-refractivity contribution in [3.8, 4) is 5.75 Å². The summed E-state index contributed by atoms with van der Waals surface area (Å²) in [5.74, 6) is -3.66. The van der Waals surface area contributed by atoms with E-state index >= 15 is 0 Å². The monoisotopic (exact) mass is 201 g/mol. The van der Waals surface area contributed by atoms with E-state index in [4.69, 9.17) is 5.11 Å². The lowest BCUT2D eigenvalue weighted by atomic mass is 10.1. The molecule has 76 valence electrons. The Labute approximate surface area is 79.4 Å². The second kappa shape index (κ2) is 4.15. The highest BCUT2D eigenvalue weighted by atomic mass is 19.1. The largest absolute Gasteiger partial charge is 0.505 e. The molecule has 14 heavy (non-hydrogen) atoms. The van der Waals surface area contributed by atoms with E-state index < -0.39 is 28.7 Å². The smallest absolute Gasteiger partial charge is 0.182 e. The molecule has 1 rings (SSSR count). The van der Waals surface area contributed by atoms with Gasteiger partial charge in [-0.15, -0.1) is 0 Å². The van der Waals surface area contributed by atoms with Crippen molar-refractivity contribution in [3.05, 3.63) is 29.3 Å². The summed E-state index contributed by atoms with van der Waals surface area (Å²) < 4.78 is 26.1. The number of hydrogen-bond donors (Lipinski definition) is 2. The van der Waals surface area contributed by atoms with Crippen LogP contribution in [0.25, 0.3) is 0 Å². The molecule has 0 bridgehead atoms. The molecule has 0 spiro atoms. The molecule has 1 aromatic carbocycles. The number of Topliss-reactive ketones (excluding diaryl/α,β-unsaturated/α-hetero) is 1. The maximum Gasteiger partial charge on any atom is 0.182 e. The molecule has 2 N–H and O–H groups in total. The summed E-state index contributed by atoms with van der Waals surface area (Å²) in [6.45, 7) is -0.183. The van der Waals surface area contributed by atoms with E-state index in [1.54, 1.807) is 0 Å². The molecule has 0 aliphatic heterocycles. The Kier molecular flexibility index (Phi) is 3.14. The van der Waals surface area contributed by atoms with Gasteiger partial charge in [0.05, 0.1) is 12.1 Å². The van der Waals surface area contributed by atoms with E-state index in [9.17, 15) is 13.6 Å². The third kappa shape index (κ3) is 1.88. The third-order valence-corrected chi connectivity index (χ3v) is 1.69. The Morgan fingerprint density at radius 1 is 1.50 bits per heavy atom. The first-order valence-electron chi connectivity index (χ1n) is 3.92. The van der Waals surface area contributed by atoms with Crippen molar-refractivity contribution in [1.29, 1.82) is 0 Å². The fourth-order valence-electron chi connectivity index (χ4n) is 1.05. The summed E-state index contributed by atoms with van der Waals surface area (Å²) in [5, 5.41) is 11.4. The first-order chi connectivity index (χ1) is 6.57. The highest BCUT2D eigenvalue weighted by Gasteiger charge is 2.19. The number of rotatable bonds is 3. The number of ketones is 1. The number of benzene rings is 1. The quantitative estimate of drug-likeness (QED) is 0.719. The van der Waals surface area contributed by atoms with Crippen LogP contribution in [-0.4, -0.2) is 24.5 Å². The van der Waals surface area contributed by atoms with E-state index in [0.29, 0.717) is 0 Å². The van der Waals surface area contributed by atoms with E-state index in [1.807, 2.05) is 0 Å². The van der Waals surface area contributed by atoms with Crippen LogP contribution in [0.2, 0.25) is 0 Å². The average molecular weight is 201 g/mol. The molecular formula is C9H9F2NO2. The number of carbonyl (C=O) groups is 1. The zero-order chi connectivity index (χ0) is 10.7. The highest BCUT2D eigenvalue weighted by Crippen LogP contribution is 2.21. The van der Waals surface area contributed by atoms with Gasteiger partial charge in [0, 0.05) is 0 Å². The molecule has 0 aliphatic carbocycles. The Balaban J connectivity index is 3.18. The molecule has 0 saturated carbocycles. The van der Waals surface area contributed by atoms with Gasteiger partial charge in [-0.25, -0.2) is 8.78 Å². The zero-order valence-corrected chi connectivity index (χ0v) is 7.47. The lowest BCUT2D eigenvalue weighted by Crippen LogP contribution is -2.20. The van der Waals surface area contributed by atoms with Gasteiger partial charge in [-0.05, 0) is 19.2 Å². The molecule has 3 nitrogen and oxygen atoms in total. The van der Waals surface area contributed by atoms with Crippen molar-refractivity contribution in [2.24, 2.45) is 0 Å². The number of nitrogens with one attached hydrogen (secondary N) is 1. The van der Waals surface area contributed by atoms with Crippen molar-refractivity contribution in [1.82, 2.24) is 5.32 Å². The number of phenols is 1. The molecule has 1 aromatic rings. The van der Waals surface area contributed by atoms with Gasteiger partial charge in [-0.2, -0.15) is 0 Å². The Bertz CT molecular complexity index is 366. The molecule has 0 atom stereocenters. The van der Waals surface area contributed by atoms with Gasteiger partial charge in [-0.3, -0.25) is 4.79 Å². The summed E-state index contributed by atoms with van der Waals surface area (Å²) in [6, 6.07) is 1.71. The summed E-state index contributed by atoms with van der Waals surface area (Å²) in [4.78, 5) is 11.2. The predicted octanol–water partition coefficient (Wildman–Crippen LogP) is 1.07. The fraction of sp³-hybridized carbons (Fsp3) is 0.222. The maximum atomic E-state index is 13.1. The summed E-state index contributed by atoms with van der Waals surface area (Å²) in [7, 11) is 1.48. The first-order valence-corrected chi connectivity index (χ1v) is 3.92. The van der Waals surface area contributed by atoms with E-state index in [2.05, 4.69) is 5.32 Å². The Hall–Kier alpha value is -1.49. The number of aromatic hydroxyl groups is 1. The topological polar surface area (TPSA) is 49.3 Å². The van der Waals surface area contributed by atoms with Gasteiger partial charge < -0.3 is 10.4 Å². The van der Waals surface area contributed by atoms with Crippen LogP contribution in [0.3, 0.4) is 0 Å². The lowest BCUT2D eigenvalue weighted by Gasteiger charge is -2.04. The molecule has 0 aromatic heterocycles. The number of phenolic OH excluding ortho intramolecular Hbond substituents is 1. The lowest BCUT2D eigenvalue weighted by molar-refractivity contribution is 0.0984. The second-order valence-corrected chi connectivity index (χ2v) is 2.71. The van der Waals surface area contributed by atoms with E-state index in [-0.39, 0.29) is 6.54 Å². The SMILES string of the molecule is CNCC(=O)c1c(F)ccc(O)c1F. The molecule has 0 radical (unpaired) electrons. The molecule has 5 heteroatoms. The van der Waals surface area contributed by atoms with Crippen molar-refractivity contribution in [2.75, 3.05) is 13.6 Å². The van der Waals surface area contributed by atoms with Crippen LogP contribution in [-0.2, 0) is 0 Å². The zero-order valence-electron chi connectivity index (χ0n) is 7.47. The minimum Gasteiger partial charge on any atom is -0.505 e. The van der Waals surface area contributed by atoms with Crippen molar-refractivity contribution in [2.45, 2.75) is 0 Å². The minimum atomic E-state index is -1.22. The molecular weight excluding hydrogens is 192 g/mol. The second-order valence-electron chi connectivity index (χ2n) is 2.71. The summed E-state index contributed by atoms with van der Waals surface area (Å²) in [6.07, 6.45) is 0. The number of likely N-dealkylation sites (N-methyl/N-ethyl adjacent to an activating group) is 1. The third-order valence-electron chi connectivity index (χ3n) is 1.69. The molecule has 0 unspecified atom stereocenters. The summed E-state index contributed by atoms with van der Waals surface area (Å²) >= 11 is 0. The number of hydrogen-bond acceptors (Lipinski definition) is 3. The maximum absolute atomic E-state index is 13.1. The number of carbonyl (C=O) groups excluding carboxylic acids is 1. The van der Waals surface area contributed by atoms with Crippen LogP contribution in [0.15, 0.2) is 12.1 Å². The van der Waals surface area contributed by atoms with Gasteiger partial charge in [0.1, 0.15) is 5.82 Å². The van der Waals surface area contributed by atoms with E-state index in [0.717, 1.165) is 12.1 Å². The van der Waals surface area contributed by atoms with Gasteiger partial charge in [-0.1, -0.05) is 0 Å². The van der Waals surface area contributed by atoms with Crippen LogP contribution in [0.1, 0.15) is 10.4 Å². The first kappa shape index (κ1) is 10.6. The standard InChI is InChI=1S/C9H9F2NO2/c1-12-4-7(14)8-5(10)2-3-6(13)9(8)11/h2-3,12-13H,4H2,1H3. The predicted molar refractivity (Wildman–Crippen MR) is 46.3 cm³/mol. The van der Waals surface area contributed by atoms with Crippen LogP contribution < -0.4 is 5.32 Å². The molecule has 0 saturated heterocycles. The van der Waals surface area contributed by atoms with Crippen LogP contribution in [0.4, 0.5) is 8.78 Å². The van der Waals surface area contributed by atoms with Crippen LogP contribution in [0, 0.1) is 11.6 Å². The van der Waals surface area contributed by atoms with Crippen molar-refractivity contribution in [3.63, 3.8) is 0 Å². The van der Waals surface area contributed by atoms with Crippen LogP contribution >= 0.6 is 0 Å². The van der Waals surface area contributed by atoms with Gasteiger partial charge in [0.15, 0.2) is 17.3 Å². The van der Waals surface area contributed by atoms with Gasteiger partial charge in [0.2, 0.25) is 0 Å². The number of halogens is 2. The van der Waals surface area contributed by atoms with Crippen molar-refractivity contribution < 1.29 is 18.7 Å². The average Bonchev–Trinajstić information content (AvgIpc) is 2.13. The van der Waals surface area contributed by atoms with Gasteiger partial charge in [0.25, 0.3) is 0 Å². The van der Waals surface area contributed by atoms with Crippen LogP contribution in [0.5, 0.6) is 5.75 Å². The Morgan fingerprint density at radius 2 is 2.14 bits per heavy atom. The molecule has 0 amide bonds. The Morgan fingerprint density at radius 3 is 2.71 bits per heavy atom.